The average molecular weight is 468 g/mol. The van der Waals surface area contributed by atoms with Crippen molar-refractivity contribution in [2.75, 3.05) is 18.1 Å². The van der Waals surface area contributed by atoms with E-state index < -0.39 is 6.36 Å². The highest BCUT2D eigenvalue weighted by molar-refractivity contribution is 5.85. The molecule has 4 aromatic rings. The Labute approximate surface area is 192 Å². The number of aromatic nitrogens is 3. The number of fused-ring (bicyclic) bond motifs is 2. The lowest BCUT2D eigenvalue weighted by Gasteiger charge is -2.37. The molecule has 0 bridgehead atoms. The summed E-state index contributed by atoms with van der Waals surface area (Å²) in [6.45, 7) is 3.79. The summed E-state index contributed by atoms with van der Waals surface area (Å²) in [5.41, 5.74) is 3.03. The molecule has 0 aliphatic carbocycles. The summed E-state index contributed by atoms with van der Waals surface area (Å²) in [4.78, 5) is 14.0. The number of hydrogen-bond acceptors (Lipinski definition) is 6. The van der Waals surface area contributed by atoms with Crippen molar-refractivity contribution in [3.63, 3.8) is 0 Å². The monoisotopic (exact) mass is 468 g/mol. The minimum atomic E-state index is -4.78. The molecule has 2 aromatic heterocycles. The van der Waals surface area contributed by atoms with Crippen LogP contribution in [0.4, 0.5) is 24.7 Å². The van der Waals surface area contributed by atoms with Crippen LogP contribution in [0.5, 0.6) is 11.5 Å². The van der Waals surface area contributed by atoms with Gasteiger partial charge in [-0.15, -0.1) is 13.2 Å². The highest BCUT2D eigenvalue weighted by Gasteiger charge is 2.32. The number of aromatic amines is 1. The lowest BCUT2D eigenvalue weighted by molar-refractivity contribution is -0.274. The maximum atomic E-state index is 12.6. The number of pyridine rings is 1. The number of alkyl halides is 3. The number of ether oxygens (including phenoxy) is 2. The maximum Gasteiger partial charge on any atom is 0.573 e. The van der Waals surface area contributed by atoms with E-state index >= 15 is 0 Å². The third kappa shape index (κ3) is 4.03. The van der Waals surface area contributed by atoms with Crippen LogP contribution in [0.15, 0.2) is 61.3 Å². The Kier molecular flexibility index (Phi) is 5.37. The number of hydrogen-bond donors (Lipinski definition) is 2. The summed E-state index contributed by atoms with van der Waals surface area (Å²) >= 11 is 0. The van der Waals surface area contributed by atoms with Crippen LogP contribution in [-0.4, -0.2) is 45.7 Å². The van der Waals surface area contributed by atoms with E-state index in [1.54, 1.807) is 18.3 Å². The van der Waals surface area contributed by atoms with Gasteiger partial charge < -0.3 is 24.5 Å². The third-order valence-electron chi connectivity index (χ3n) is 5.45. The van der Waals surface area contributed by atoms with E-state index in [0.29, 0.717) is 39.7 Å². The number of anilines is 2. The van der Waals surface area contributed by atoms with E-state index in [0.717, 1.165) is 5.56 Å². The number of aliphatic hydroxyl groups excluding tert-OH is 1. The molecule has 0 amide bonds. The summed E-state index contributed by atoms with van der Waals surface area (Å²) in [7, 11) is 0. The Bertz CT molecular complexity index is 1350. The molecule has 1 atom stereocenters. The zero-order valence-electron chi connectivity index (χ0n) is 17.7. The SMILES string of the molecule is C=Cc1ccc(N2c3cccc(-c4nc5ccc(OC(F)(F)F)cc5[nH]4)c3OCC2CO)nc1. The second-order valence-corrected chi connectivity index (χ2v) is 7.64. The summed E-state index contributed by atoms with van der Waals surface area (Å²) in [5.74, 6) is 1.23. The van der Waals surface area contributed by atoms with Crippen LogP contribution in [0.1, 0.15) is 5.56 Å². The van der Waals surface area contributed by atoms with Gasteiger partial charge >= 0.3 is 6.36 Å². The highest BCUT2D eigenvalue weighted by atomic mass is 19.4. The minimum Gasteiger partial charge on any atom is -0.488 e. The number of nitrogens with one attached hydrogen (secondary N) is 1. The van der Waals surface area contributed by atoms with Crippen LogP contribution in [0, 0.1) is 0 Å². The van der Waals surface area contributed by atoms with Gasteiger partial charge in [0.25, 0.3) is 0 Å². The van der Waals surface area contributed by atoms with Gasteiger partial charge in [0.2, 0.25) is 0 Å². The van der Waals surface area contributed by atoms with Crippen molar-refractivity contribution in [2.45, 2.75) is 12.4 Å². The molecule has 34 heavy (non-hydrogen) atoms. The van der Waals surface area contributed by atoms with Crippen molar-refractivity contribution >= 4 is 28.6 Å². The van der Waals surface area contributed by atoms with Gasteiger partial charge in [-0.25, -0.2) is 9.97 Å². The molecule has 1 unspecified atom stereocenters. The molecule has 174 valence electrons. The average Bonchev–Trinajstić information content (AvgIpc) is 3.25. The van der Waals surface area contributed by atoms with Crippen LogP contribution in [-0.2, 0) is 0 Å². The highest BCUT2D eigenvalue weighted by Crippen LogP contribution is 2.44. The molecule has 5 rings (SSSR count). The Morgan fingerprint density at radius 1 is 1.24 bits per heavy atom. The maximum absolute atomic E-state index is 12.6. The lowest BCUT2D eigenvalue weighted by Crippen LogP contribution is -2.43. The second kappa shape index (κ2) is 8.38. The van der Waals surface area contributed by atoms with E-state index in [2.05, 4.69) is 26.3 Å². The van der Waals surface area contributed by atoms with Gasteiger partial charge in [0.05, 0.1) is 34.9 Å². The summed E-state index contributed by atoms with van der Waals surface area (Å²) in [6, 6.07) is 12.7. The lowest BCUT2D eigenvalue weighted by atomic mass is 10.1. The topological polar surface area (TPSA) is 83.5 Å². The number of H-pyrrole nitrogens is 1. The van der Waals surface area contributed by atoms with E-state index in [4.69, 9.17) is 4.74 Å². The number of para-hydroxylation sites is 1. The number of benzene rings is 2. The van der Waals surface area contributed by atoms with Crippen molar-refractivity contribution in [3.05, 3.63) is 66.9 Å². The molecule has 7 nitrogen and oxygen atoms in total. The predicted octanol–water partition coefficient (Wildman–Crippen LogP) is 5.06. The van der Waals surface area contributed by atoms with Crippen molar-refractivity contribution in [3.8, 4) is 22.9 Å². The second-order valence-electron chi connectivity index (χ2n) is 7.64. The Balaban J connectivity index is 1.57. The smallest absolute Gasteiger partial charge is 0.488 e. The minimum absolute atomic E-state index is 0.152. The molecular formula is C24H19F3N4O3. The van der Waals surface area contributed by atoms with Gasteiger partial charge in [-0.05, 0) is 42.0 Å². The van der Waals surface area contributed by atoms with Crippen molar-refractivity contribution < 1.29 is 27.8 Å². The van der Waals surface area contributed by atoms with Crippen LogP contribution in [0.3, 0.4) is 0 Å². The zero-order valence-corrected chi connectivity index (χ0v) is 17.7. The standard InChI is InChI=1S/C24H19F3N4O3/c1-2-14-6-9-21(28-11-14)31-15(12-32)13-33-22-17(4-3-5-20(22)31)23-29-18-8-7-16(10-19(18)30-23)34-24(25,26)27/h2-11,15,32H,1,12-13H2,(H,29,30). The summed E-state index contributed by atoms with van der Waals surface area (Å²) in [6.07, 6.45) is -1.40. The number of halogens is 3. The van der Waals surface area contributed by atoms with Crippen LogP contribution >= 0.6 is 0 Å². The fourth-order valence-electron chi connectivity index (χ4n) is 3.92. The molecule has 0 saturated heterocycles. The van der Waals surface area contributed by atoms with Crippen molar-refractivity contribution in [2.24, 2.45) is 0 Å². The number of aliphatic hydroxyl groups is 1. The van der Waals surface area contributed by atoms with Gasteiger partial charge in [-0.3, -0.25) is 0 Å². The molecule has 0 fully saturated rings. The van der Waals surface area contributed by atoms with E-state index in [1.807, 2.05) is 29.2 Å². The van der Waals surface area contributed by atoms with Gasteiger partial charge in [0, 0.05) is 12.3 Å². The molecule has 3 heterocycles. The van der Waals surface area contributed by atoms with E-state index in [1.165, 1.54) is 18.2 Å². The molecule has 0 saturated carbocycles. The molecular weight excluding hydrogens is 449 g/mol. The molecule has 1 aliphatic heterocycles. The summed E-state index contributed by atoms with van der Waals surface area (Å²) in [5, 5.41) is 9.96. The number of imidazole rings is 1. The Morgan fingerprint density at radius 2 is 2.09 bits per heavy atom. The van der Waals surface area contributed by atoms with E-state index in [-0.39, 0.29) is 25.0 Å². The number of nitrogens with zero attached hydrogens (tertiary/aromatic N) is 3. The van der Waals surface area contributed by atoms with Crippen LogP contribution in [0.25, 0.3) is 28.5 Å². The summed E-state index contributed by atoms with van der Waals surface area (Å²) < 4.78 is 47.8. The first-order chi connectivity index (χ1) is 16.4. The first-order valence-electron chi connectivity index (χ1n) is 10.4. The van der Waals surface area contributed by atoms with Crippen molar-refractivity contribution in [1.82, 2.24) is 15.0 Å². The molecule has 0 radical (unpaired) electrons. The molecule has 2 aromatic carbocycles. The molecule has 1 aliphatic rings. The van der Waals surface area contributed by atoms with Gasteiger partial charge in [0.1, 0.15) is 24.0 Å². The quantitative estimate of drug-likeness (QED) is 0.426. The largest absolute Gasteiger partial charge is 0.573 e. The van der Waals surface area contributed by atoms with Gasteiger partial charge in [-0.2, -0.15) is 0 Å². The third-order valence-corrected chi connectivity index (χ3v) is 5.45. The fourth-order valence-corrected chi connectivity index (χ4v) is 3.92. The molecule has 0 spiro atoms. The van der Waals surface area contributed by atoms with Crippen molar-refractivity contribution in [1.29, 1.82) is 0 Å². The van der Waals surface area contributed by atoms with E-state index in [9.17, 15) is 18.3 Å². The Hall–Kier alpha value is -4.05. The zero-order chi connectivity index (χ0) is 23.9. The van der Waals surface area contributed by atoms with Crippen LogP contribution < -0.4 is 14.4 Å². The van der Waals surface area contributed by atoms with Gasteiger partial charge in [-0.1, -0.05) is 18.7 Å². The molecule has 10 heteroatoms. The fraction of sp³-hybridized carbons (Fsp3) is 0.167. The number of rotatable bonds is 5. The first-order valence-corrected chi connectivity index (χ1v) is 10.4. The Morgan fingerprint density at radius 3 is 2.79 bits per heavy atom. The molecule has 2 N–H and O–H groups in total. The van der Waals surface area contributed by atoms with Gasteiger partial charge in [0.15, 0.2) is 5.75 Å². The first kappa shape index (κ1) is 21.8. The van der Waals surface area contributed by atoms with Crippen LogP contribution in [0.2, 0.25) is 0 Å². The normalized spacial score (nSPS) is 15.6. The predicted molar refractivity (Wildman–Crippen MR) is 121 cm³/mol.